The number of nitrogens with zero attached hydrogens (tertiary/aromatic N) is 6. The molecule has 1 saturated heterocycles. The van der Waals surface area contributed by atoms with Gasteiger partial charge in [-0.15, -0.1) is 15.3 Å². The minimum absolute atomic E-state index is 0.0784. The molecular weight excluding hydrogens is 352 g/mol. The number of hydrogen-bond acceptors (Lipinski definition) is 9. The molecule has 2 aromatic heterocycles. The number of sulfone groups is 1. The van der Waals surface area contributed by atoms with Gasteiger partial charge in [-0.05, 0) is 29.2 Å². The van der Waals surface area contributed by atoms with Crippen LogP contribution in [0.15, 0.2) is 9.64 Å². The zero-order valence-corrected chi connectivity index (χ0v) is 15.1. The van der Waals surface area contributed by atoms with Gasteiger partial charge >= 0.3 is 0 Å². The van der Waals surface area contributed by atoms with Gasteiger partial charge in [0.05, 0.1) is 17.3 Å². The number of tetrazole rings is 1. The molecule has 0 radical (unpaired) electrons. The molecule has 1 aliphatic rings. The molecule has 0 unspecified atom stereocenters. The van der Waals surface area contributed by atoms with E-state index in [2.05, 4.69) is 32.6 Å². The summed E-state index contributed by atoms with van der Waals surface area (Å²) in [5.41, 5.74) is 0. The predicted molar refractivity (Wildman–Crippen MR) is 87.0 cm³/mol. The number of hydrogen-bond donors (Lipinski definition) is 0. The Labute approximate surface area is 144 Å². The fraction of sp³-hybridized carbons (Fsp3) is 0.769. The standard InChI is InChI=1S/C13H20N6O3S2/c1-2-3-5-19-11(14-17-18-19)8-23-13-16-15-12(22-13)7-10-4-6-24(20,21)9-10/h10H,2-9H2,1H3/t10-/m0/s1. The Morgan fingerprint density at radius 2 is 2.21 bits per heavy atom. The average molecular weight is 372 g/mol. The van der Waals surface area contributed by atoms with Crippen LogP contribution >= 0.6 is 11.8 Å². The van der Waals surface area contributed by atoms with E-state index in [9.17, 15) is 8.42 Å². The van der Waals surface area contributed by atoms with E-state index in [1.54, 1.807) is 4.68 Å². The van der Waals surface area contributed by atoms with Gasteiger partial charge in [0.15, 0.2) is 15.7 Å². The summed E-state index contributed by atoms with van der Waals surface area (Å²) in [4.78, 5) is 0. The summed E-state index contributed by atoms with van der Waals surface area (Å²) < 4.78 is 30.4. The topological polar surface area (TPSA) is 117 Å². The van der Waals surface area contributed by atoms with Gasteiger partial charge in [-0.3, -0.25) is 0 Å². The van der Waals surface area contributed by atoms with Crippen LogP contribution in [0.1, 0.15) is 37.9 Å². The van der Waals surface area contributed by atoms with Gasteiger partial charge < -0.3 is 4.42 Å². The summed E-state index contributed by atoms with van der Waals surface area (Å²) in [5, 5.41) is 20.2. The first-order valence-corrected chi connectivity index (χ1v) is 10.8. The van der Waals surface area contributed by atoms with Crippen LogP contribution in [0.2, 0.25) is 0 Å². The second kappa shape index (κ2) is 7.60. The van der Waals surface area contributed by atoms with Gasteiger partial charge in [-0.2, -0.15) is 0 Å². The van der Waals surface area contributed by atoms with Crippen LogP contribution in [0.3, 0.4) is 0 Å². The molecule has 0 N–H and O–H groups in total. The number of rotatable bonds is 8. The Hall–Kier alpha value is -1.49. The Bertz CT molecular complexity index is 772. The van der Waals surface area contributed by atoms with Crippen LogP contribution < -0.4 is 0 Å². The molecule has 3 rings (SSSR count). The van der Waals surface area contributed by atoms with E-state index >= 15 is 0 Å². The first kappa shape index (κ1) is 17.3. The normalized spacial score (nSPS) is 19.8. The number of thioether (sulfide) groups is 1. The average Bonchev–Trinajstić information content (AvgIpc) is 3.24. The molecule has 0 aliphatic carbocycles. The molecule has 1 fully saturated rings. The van der Waals surface area contributed by atoms with Crippen molar-refractivity contribution in [3.05, 3.63) is 11.7 Å². The number of aromatic nitrogens is 6. The van der Waals surface area contributed by atoms with Crippen molar-refractivity contribution in [2.75, 3.05) is 11.5 Å². The van der Waals surface area contributed by atoms with E-state index in [0.29, 0.717) is 29.7 Å². The third-order valence-electron chi connectivity index (χ3n) is 3.89. The van der Waals surface area contributed by atoms with Gasteiger partial charge in [0, 0.05) is 13.0 Å². The Morgan fingerprint density at radius 3 is 2.96 bits per heavy atom. The van der Waals surface area contributed by atoms with Crippen LogP contribution in [0.4, 0.5) is 0 Å². The third kappa shape index (κ3) is 4.53. The highest BCUT2D eigenvalue weighted by atomic mass is 32.2. The highest BCUT2D eigenvalue weighted by Gasteiger charge is 2.29. The maximum atomic E-state index is 11.5. The molecule has 11 heteroatoms. The molecule has 0 amide bonds. The predicted octanol–water partition coefficient (Wildman–Crippen LogP) is 1.13. The lowest BCUT2D eigenvalue weighted by molar-refractivity contribution is 0.389. The van der Waals surface area contributed by atoms with E-state index in [4.69, 9.17) is 4.42 Å². The minimum Gasteiger partial charge on any atom is -0.416 e. The van der Waals surface area contributed by atoms with Gasteiger partial charge in [-0.1, -0.05) is 25.1 Å². The van der Waals surface area contributed by atoms with Crippen LogP contribution in [0, 0.1) is 5.92 Å². The van der Waals surface area contributed by atoms with E-state index in [-0.39, 0.29) is 17.4 Å². The van der Waals surface area contributed by atoms with E-state index in [1.165, 1.54) is 11.8 Å². The van der Waals surface area contributed by atoms with Crippen molar-refractivity contribution in [1.29, 1.82) is 0 Å². The molecule has 2 aromatic rings. The third-order valence-corrected chi connectivity index (χ3v) is 6.54. The molecule has 24 heavy (non-hydrogen) atoms. The fourth-order valence-corrected chi connectivity index (χ4v) is 5.17. The lowest BCUT2D eigenvalue weighted by atomic mass is 10.1. The highest BCUT2D eigenvalue weighted by molar-refractivity contribution is 7.98. The molecule has 0 bridgehead atoms. The lowest BCUT2D eigenvalue weighted by Gasteiger charge is -2.02. The summed E-state index contributed by atoms with van der Waals surface area (Å²) in [6, 6.07) is 0. The lowest BCUT2D eigenvalue weighted by Crippen LogP contribution is -2.07. The molecule has 9 nitrogen and oxygen atoms in total. The second-order valence-electron chi connectivity index (χ2n) is 5.90. The number of unbranched alkanes of at least 4 members (excludes halogenated alkanes) is 1. The van der Waals surface area contributed by atoms with Crippen molar-refractivity contribution < 1.29 is 12.8 Å². The van der Waals surface area contributed by atoms with Crippen molar-refractivity contribution in [2.24, 2.45) is 5.92 Å². The molecule has 1 aliphatic heterocycles. The van der Waals surface area contributed by atoms with E-state index in [1.807, 2.05) is 0 Å². The smallest absolute Gasteiger partial charge is 0.277 e. The van der Waals surface area contributed by atoms with Gasteiger partial charge in [0.2, 0.25) is 5.89 Å². The van der Waals surface area contributed by atoms with Crippen molar-refractivity contribution in [3.8, 4) is 0 Å². The summed E-state index contributed by atoms with van der Waals surface area (Å²) in [7, 11) is -2.88. The molecule has 0 aromatic carbocycles. The highest BCUT2D eigenvalue weighted by Crippen LogP contribution is 2.25. The summed E-state index contributed by atoms with van der Waals surface area (Å²) in [6.07, 6.45) is 3.29. The fourth-order valence-electron chi connectivity index (χ4n) is 2.59. The van der Waals surface area contributed by atoms with Gasteiger partial charge in [-0.25, -0.2) is 13.1 Å². The minimum atomic E-state index is -2.88. The number of aryl methyl sites for hydroxylation is 1. The first-order chi connectivity index (χ1) is 11.6. The molecule has 0 saturated carbocycles. The summed E-state index contributed by atoms with van der Waals surface area (Å²) in [6.45, 7) is 2.92. The van der Waals surface area contributed by atoms with Crippen LogP contribution in [-0.2, 0) is 28.6 Å². The molecular formula is C13H20N6O3S2. The molecule has 3 heterocycles. The maximum Gasteiger partial charge on any atom is 0.277 e. The molecule has 1 atom stereocenters. The Morgan fingerprint density at radius 1 is 1.33 bits per heavy atom. The quantitative estimate of drug-likeness (QED) is 0.628. The first-order valence-electron chi connectivity index (χ1n) is 7.96. The monoisotopic (exact) mass is 372 g/mol. The largest absolute Gasteiger partial charge is 0.416 e. The molecule has 0 spiro atoms. The zero-order chi connectivity index (χ0) is 17.0. The van der Waals surface area contributed by atoms with Crippen molar-refractivity contribution in [3.63, 3.8) is 0 Å². The summed E-state index contributed by atoms with van der Waals surface area (Å²) >= 11 is 1.38. The van der Waals surface area contributed by atoms with Crippen LogP contribution in [0.5, 0.6) is 0 Å². The van der Waals surface area contributed by atoms with E-state index in [0.717, 1.165) is 25.2 Å². The summed E-state index contributed by atoms with van der Waals surface area (Å²) in [5.74, 6) is 2.36. The Balaban J connectivity index is 1.52. The SMILES string of the molecule is CCCCn1nnnc1CSc1nnc(C[C@@H]2CCS(=O)(=O)C2)o1. The zero-order valence-electron chi connectivity index (χ0n) is 13.5. The van der Waals surface area contributed by atoms with E-state index < -0.39 is 9.84 Å². The van der Waals surface area contributed by atoms with Gasteiger partial charge in [0.1, 0.15) is 0 Å². The van der Waals surface area contributed by atoms with Crippen LogP contribution in [-0.4, -0.2) is 50.3 Å². The van der Waals surface area contributed by atoms with Crippen molar-refractivity contribution in [2.45, 2.75) is 50.1 Å². The van der Waals surface area contributed by atoms with Crippen LogP contribution in [0.25, 0.3) is 0 Å². The maximum absolute atomic E-state index is 11.5. The molecule has 132 valence electrons. The van der Waals surface area contributed by atoms with Gasteiger partial charge in [0.25, 0.3) is 5.22 Å². The second-order valence-corrected chi connectivity index (χ2v) is 9.05. The Kier molecular flexibility index (Phi) is 5.49. The van der Waals surface area contributed by atoms with Crippen molar-refractivity contribution >= 4 is 21.6 Å². The van der Waals surface area contributed by atoms with Crippen molar-refractivity contribution in [1.82, 2.24) is 30.4 Å².